The fourth-order valence-corrected chi connectivity index (χ4v) is 8.72. The first-order chi connectivity index (χ1) is 20.7. The molecule has 5 aliphatic rings. The summed E-state index contributed by atoms with van der Waals surface area (Å²) in [5.74, 6) is 4.49. The number of fused-ring (bicyclic) bond motifs is 5. The van der Waals surface area contributed by atoms with Crippen LogP contribution >= 0.6 is 0 Å². The van der Waals surface area contributed by atoms with E-state index in [1.807, 2.05) is 12.1 Å². The van der Waals surface area contributed by atoms with Crippen molar-refractivity contribution >= 4 is 22.3 Å². The Balaban J connectivity index is 1.23. The molecule has 2 bridgehead atoms. The van der Waals surface area contributed by atoms with Crippen LogP contribution in [-0.4, -0.2) is 66.8 Å². The summed E-state index contributed by atoms with van der Waals surface area (Å²) in [6.07, 6.45) is 13.9. The van der Waals surface area contributed by atoms with Gasteiger partial charge in [-0.15, -0.1) is 6.42 Å². The van der Waals surface area contributed by atoms with Crippen molar-refractivity contribution in [3.05, 3.63) is 58.7 Å². The quantitative estimate of drug-likeness (QED) is 0.459. The molecule has 5 aliphatic heterocycles. The highest BCUT2D eigenvalue weighted by Gasteiger charge is 2.46. The van der Waals surface area contributed by atoms with Gasteiger partial charge in [0.1, 0.15) is 24.1 Å². The average Bonchev–Trinajstić information content (AvgIpc) is 3.68. The Hall–Kier alpha value is -3.78. The lowest BCUT2D eigenvalue weighted by Gasteiger charge is -2.40. The minimum Gasteiger partial charge on any atom is -0.475 e. The van der Waals surface area contributed by atoms with Gasteiger partial charge in [0, 0.05) is 66.0 Å². The third-order valence-electron chi connectivity index (χ3n) is 10.7. The maximum atomic E-state index is 10.6. The molecular weight excluding hydrogens is 520 g/mol. The van der Waals surface area contributed by atoms with E-state index in [2.05, 4.69) is 56.3 Å². The molecule has 4 fully saturated rings. The van der Waals surface area contributed by atoms with Crippen molar-refractivity contribution in [2.75, 3.05) is 49.1 Å². The highest BCUT2D eigenvalue weighted by Crippen LogP contribution is 2.43. The fraction of sp³-hybridized carbons (Fsp3) is 0.486. The Morgan fingerprint density at radius 1 is 1.02 bits per heavy atom. The molecule has 3 aromatic rings. The monoisotopic (exact) mass is 558 g/mol. The summed E-state index contributed by atoms with van der Waals surface area (Å²) in [4.78, 5) is 12.8. The lowest BCUT2D eigenvalue weighted by Crippen LogP contribution is -2.53. The van der Waals surface area contributed by atoms with Gasteiger partial charge in [-0.05, 0) is 75.6 Å². The van der Waals surface area contributed by atoms with Crippen LogP contribution in [0.1, 0.15) is 60.8 Å². The summed E-state index contributed by atoms with van der Waals surface area (Å²) in [5, 5.41) is 16.5. The molecule has 1 aromatic heterocycles. The van der Waals surface area contributed by atoms with Crippen molar-refractivity contribution in [3.8, 4) is 24.3 Å². The van der Waals surface area contributed by atoms with Crippen LogP contribution in [-0.2, 0) is 13.0 Å². The lowest BCUT2D eigenvalue weighted by atomic mass is 9.93. The van der Waals surface area contributed by atoms with E-state index in [0.717, 1.165) is 72.5 Å². The Labute approximate surface area is 248 Å². The third-order valence-corrected chi connectivity index (χ3v) is 10.7. The summed E-state index contributed by atoms with van der Waals surface area (Å²) >= 11 is 0. The maximum absolute atomic E-state index is 10.6. The van der Waals surface area contributed by atoms with E-state index < -0.39 is 0 Å². The zero-order valence-electron chi connectivity index (χ0n) is 24.2. The van der Waals surface area contributed by atoms with Crippen LogP contribution < -0.4 is 19.9 Å². The molecule has 4 saturated heterocycles. The van der Waals surface area contributed by atoms with Crippen molar-refractivity contribution in [1.82, 2.24) is 15.2 Å². The second-order valence-electron chi connectivity index (χ2n) is 12.8. The van der Waals surface area contributed by atoms with Crippen LogP contribution in [0.15, 0.2) is 36.4 Å². The maximum Gasteiger partial charge on any atom is 0.234 e. The summed E-state index contributed by atoms with van der Waals surface area (Å²) in [7, 11) is 0. The molecule has 0 aliphatic carbocycles. The van der Waals surface area contributed by atoms with E-state index in [0.29, 0.717) is 36.7 Å². The van der Waals surface area contributed by atoms with Crippen LogP contribution in [0.25, 0.3) is 10.8 Å². The molecule has 2 atom stereocenters. The van der Waals surface area contributed by atoms with Crippen molar-refractivity contribution in [2.24, 2.45) is 0 Å². The van der Waals surface area contributed by atoms with Gasteiger partial charge in [-0.1, -0.05) is 30.2 Å². The van der Waals surface area contributed by atoms with Crippen molar-refractivity contribution in [1.29, 1.82) is 5.26 Å². The fourth-order valence-electron chi connectivity index (χ4n) is 8.72. The van der Waals surface area contributed by atoms with E-state index >= 15 is 0 Å². The number of anilines is 2. The molecule has 2 aromatic carbocycles. The highest BCUT2D eigenvalue weighted by molar-refractivity contribution is 5.99. The van der Waals surface area contributed by atoms with Crippen molar-refractivity contribution in [3.63, 3.8) is 0 Å². The molecule has 0 radical (unpaired) electrons. The van der Waals surface area contributed by atoms with Gasteiger partial charge in [0.05, 0.1) is 5.54 Å². The average molecular weight is 559 g/mol. The third kappa shape index (κ3) is 3.98. The van der Waals surface area contributed by atoms with Gasteiger partial charge in [-0.3, -0.25) is 4.90 Å². The molecule has 0 amide bonds. The second-order valence-corrected chi connectivity index (χ2v) is 12.8. The Morgan fingerprint density at radius 3 is 2.52 bits per heavy atom. The number of nitrogens with one attached hydrogen (secondary N) is 1. The Morgan fingerprint density at radius 2 is 1.79 bits per heavy atom. The van der Waals surface area contributed by atoms with Crippen molar-refractivity contribution in [2.45, 2.75) is 69.1 Å². The van der Waals surface area contributed by atoms with Gasteiger partial charge in [0.2, 0.25) is 5.88 Å². The predicted molar refractivity (Wildman–Crippen MR) is 166 cm³/mol. The number of benzene rings is 2. The topological polar surface area (TPSA) is 67.7 Å². The summed E-state index contributed by atoms with van der Waals surface area (Å²) in [6, 6.07) is 16.0. The van der Waals surface area contributed by atoms with Crippen molar-refractivity contribution < 1.29 is 4.74 Å². The first kappa shape index (κ1) is 25.9. The first-order valence-corrected chi connectivity index (χ1v) is 15.8. The Kier molecular flexibility index (Phi) is 6.28. The molecule has 7 heteroatoms. The largest absolute Gasteiger partial charge is 0.475 e. The van der Waals surface area contributed by atoms with E-state index in [1.165, 1.54) is 44.1 Å². The van der Waals surface area contributed by atoms with Gasteiger partial charge in [0.15, 0.2) is 0 Å². The minimum absolute atomic E-state index is 0.0964. The molecule has 42 heavy (non-hydrogen) atoms. The molecule has 214 valence electrons. The number of ether oxygens (including phenoxy) is 1. The van der Waals surface area contributed by atoms with Gasteiger partial charge in [-0.25, -0.2) is 0 Å². The first-order valence-electron chi connectivity index (χ1n) is 15.8. The normalized spacial score (nSPS) is 24.3. The molecular formula is C35H38N6O. The number of pyridine rings is 1. The summed E-state index contributed by atoms with van der Waals surface area (Å²) < 4.78 is 6.69. The van der Waals surface area contributed by atoms with E-state index in [4.69, 9.17) is 16.1 Å². The number of nitriles is 1. The number of rotatable bonds is 5. The number of aromatic nitrogens is 1. The van der Waals surface area contributed by atoms with Crippen LogP contribution in [0.2, 0.25) is 0 Å². The lowest BCUT2D eigenvalue weighted by molar-refractivity contribution is 0.110. The van der Waals surface area contributed by atoms with Gasteiger partial charge in [-0.2, -0.15) is 10.2 Å². The SMILES string of the molecule is C#Cc1cccc2cccc(N3CCc4c(N5C6CCC5CNC6)nc(OCC56CCCN5CCC6)c(C#N)c4C3)c12. The number of hydrogen-bond acceptors (Lipinski definition) is 7. The van der Waals surface area contributed by atoms with Crippen LogP contribution in [0.3, 0.4) is 0 Å². The zero-order valence-corrected chi connectivity index (χ0v) is 24.2. The number of nitrogens with zero attached hydrogens (tertiary/aromatic N) is 5. The number of hydrogen-bond donors (Lipinski definition) is 1. The number of piperazine rings is 1. The molecule has 0 spiro atoms. The number of terminal acetylenes is 1. The molecule has 0 saturated carbocycles. The molecule has 1 N–H and O–H groups in total. The van der Waals surface area contributed by atoms with E-state index in [-0.39, 0.29) is 5.54 Å². The van der Waals surface area contributed by atoms with Gasteiger partial charge >= 0.3 is 0 Å². The standard InChI is InChI=1S/C35H38N6O/c1-2-24-7-3-8-25-9-4-10-31(32(24)25)39-18-13-28-30(22-39)29(19-36)34(42-23-35-14-5-16-40(35)17-6-15-35)38-33(28)41-26-11-12-27(41)21-37-20-26/h1,3-4,7-10,26-27,37H,5-6,11-18,20-23H2. The van der Waals surface area contributed by atoms with Crippen LogP contribution in [0.4, 0.5) is 11.5 Å². The van der Waals surface area contributed by atoms with Crippen LogP contribution in [0.5, 0.6) is 5.88 Å². The highest BCUT2D eigenvalue weighted by atomic mass is 16.5. The van der Waals surface area contributed by atoms with E-state index in [9.17, 15) is 5.26 Å². The predicted octanol–water partition coefficient (Wildman–Crippen LogP) is 4.60. The summed E-state index contributed by atoms with van der Waals surface area (Å²) in [6.45, 7) is 6.38. The molecule has 8 rings (SSSR count). The minimum atomic E-state index is 0.0964. The van der Waals surface area contributed by atoms with Crippen LogP contribution in [0, 0.1) is 23.7 Å². The van der Waals surface area contributed by atoms with Gasteiger partial charge in [0.25, 0.3) is 0 Å². The second kappa shape index (κ2) is 10.2. The smallest absolute Gasteiger partial charge is 0.234 e. The summed E-state index contributed by atoms with van der Waals surface area (Å²) in [5.41, 5.74) is 5.04. The van der Waals surface area contributed by atoms with E-state index in [1.54, 1.807) is 0 Å². The molecule has 7 nitrogen and oxygen atoms in total. The molecule has 2 unspecified atom stereocenters. The zero-order chi connectivity index (χ0) is 28.3. The van der Waals surface area contributed by atoms with Gasteiger partial charge < -0.3 is 19.9 Å². The Bertz CT molecular complexity index is 1600. The molecule has 6 heterocycles.